The number of nitrogens with zero attached hydrogens (tertiary/aromatic N) is 6. The standard InChI is InChI=1S/C13H9ClN6/c14-11-4-2-10(3-5-11)8-18-20-9-17-19-13(20)12-15-6-1-7-16-12/h1-9H/b18-8+. The number of halogens is 1. The molecule has 0 amide bonds. The molecule has 20 heavy (non-hydrogen) atoms. The molecule has 0 aliphatic carbocycles. The molecule has 0 atom stereocenters. The zero-order chi connectivity index (χ0) is 13.8. The van der Waals surface area contributed by atoms with Gasteiger partial charge >= 0.3 is 0 Å². The Hall–Kier alpha value is -2.60. The fraction of sp³-hybridized carbons (Fsp3) is 0. The van der Waals surface area contributed by atoms with Gasteiger partial charge < -0.3 is 0 Å². The van der Waals surface area contributed by atoms with Crippen LogP contribution in [0.15, 0.2) is 54.2 Å². The van der Waals surface area contributed by atoms with Crippen molar-refractivity contribution in [3.63, 3.8) is 0 Å². The fourth-order valence-corrected chi connectivity index (χ4v) is 1.68. The van der Waals surface area contributed by atoms with Crippen molar-refractivity contribution >= 4 is 17.8 Å². The smallest absolute Gasteiger partial charge is 0.222 e. The Morgan fingerprint density at radius 3 is 2.60 bits per heavy atom. The van der Waals surface area contributed by atoms with Crippen molar-refractivity contribution in [2.75, 3.05) is 0 Å². The Morgan fingerprint density at radius 2 is 1.85 bits per heavy atom. The number of hydrogen-bond acceptors (Lipinski definition) is 5. The molecule has 0 fully saturated rings. The summed E-state index contributed by atoms with van der Waals surface area (Å²) in [5.74, 6) is 0.953. The molecule has 0 N–H and O–H groups in total. The van der Waals surface area contributed by atoms with Crippen molar-refractivity contribution in [1.82, 2.24) is 24.8 Å². The number of rotatable bonds is 3. The van der Waals surface area contributed by atoms with Crippen LogP contribution < -0.4 is 0 Å². The molecular formula is C13H9ClN6. The van der Waals surface area contributed by atoms with Gasteiger partial charge in [0.25, 0.3) is 0 Å². The molecule has 2 heterocycles. The van der Waals surface area contributed by atoms with Gasteiger partial charge in [-0.15, -0.1) is 10.2 Å². The molecule has 1 aromatic carbocycles. The first kappa shape index (κ1) is 12.4. The Kier molecular flexibility index (Phi) is 3.47. The third kappa shape index (κ3) is 2.70. The number of aromatic nitrogens is 5. The molecule has 98 valence electrons. The molecule has 0 aliphatic heterocycles. The van der Waals surface area contributed by atoms with Gasteiger partial charge in [0.05, 0.1) is 6.21 Å². The minimum absolute atomic E-state index is 0.471. The minimum Gasteiger partial charge on any atom is -0.234 e. The molecule has 0 spiro atoms. The number of hydrogen-bond donors (Lipinski definition) is 0. The van der Waals surface area contributed by atoms with Crippen LogP contribution in [0, 0.1) is 0 Å². The lowest BCUT2D eigenvalue weighted by Crippen LogP contribution is -1.97. The van der Waals surface area contributed by atoms with E-state index in [4.69, 9.17) is 11.6 Å². The molecule has 2 aromatic heterocycles. The molecule has 6 nitrogen and oxygen atoms in total. The van der Waals surface area contributed by atoms with Crippen molar-refractivity contribution in [3.05, 3.63) is 59.6 Å². The molecule has 0 saturated heterocycles. The first-order chi connectivity index (χ1) is 9.83. The van der Waals surface area contributed by atoms with Crippen LogP contribution in [-0.2, 0) is 0 Å². The summed E-state index contributed by atoms with van der Waals surface area (Å²) < 4.78 is 1.52. The lowest BCUT2D eigenvalue weighted by atomic mass is 10.2. The Labute approximate surface area is 119 Å². The molecule has 3 aromatic rings. The Bertz CT molecular complexity index is 720. The zero-order valence-corrected chi connectivity index (χ0v) is 11.0. The highest BCUT2D eigenvalue weighted by atomic mass is 35.5. The van der Waals surface area contributed by atoms with E-state index in [1.54, 1.807) is 36.8 Å². The zero-order valence-electron chi connectivity index (χ0n) is 10.3. The normalized spacial score (nSPS) is 11.1. The van der Waals surface area contributed by atoms with Crippen molar-refractivity contribution in [3.8, 4) is 11.6 Å². The van der Waals surface area contributed by atoms with Gasteiger partial charge in [0, 0.05) is 17.4 Å². The summed E-state index contributed by atoms with van der Waals surface area (Å²) in [6, 6.07) is 9.08. The molecule has 7 heteroatoms. The van der Waals surface area contributed by atoms with Gasteiger partial charge in [-0.25, -0.2) is 9.97 Å². The predicted octanol–water partition coefficient (Wildman–Crippen LogP) is 2.27. The Morgan fingerprint density at radius 1 is 1.10 bits per heavy atom. The topological polar surface area (TPSA) is 68.8 Å². The van der Waals surface area contributed by atoms with Crippen molar-refractivity contribution < 1.29 is 0 Å². The SMILES string of the molecule is Clc1ccc(/C=N/n2cnnc2-c2ncccn2)cc1. The fourth-order valence-electron chi connectivity index (χ4n) is 1.55. The first-order valence-corrected chi connectivity index (χ1v) is 6.18. The van der Waals surface area contributed by atoms with Crippen LogP contribution in [0.4, 0.5) is 0 Å². The quantitative estimate of drug-likeness (QED) is 0.692. The highest BCUT2D eigenvalue weighted by Gasteiger charge is 2.08. The first-order valence-electron chi connectivity index (χ1n) is 5.80. The van der Waals surface area contributed by atoms with Crippen LogP contribution in [0.5, 0.6) is 0 Å². The monoisotopic (exact) mass is 284 g/mol. The van der Waals surface area contributed by atoms with Crippen LogP contribution in [-0.4, -0.2) is 31.1 Å². The van der Waals surface area contributed by atoms with Gasteiger partial charge in [-0.3, -0.25) is 0 Å². The number of benzene rings is 1. The average Bonchev–Trinajstić information content (AvgIpc) is 2.96. The van der Waals surface area contributed by atoms with Crippen molar-refractivity contribution in [2.24, 2.45) is 5.10 Å². The van der Waals surface area contributed by atoms with Crippen molar-refractivity contribution in [2.45, 2.75) is 0 Å². The van der Waals surface area contributed by atoms with Gasteiger partial charge in [-0.1, -0.05) is 23.7 Å². The van der Waals surface area contributed by atoms with Crippen molar-refractivity contribution in [1.29, 1.82) is 0 Å². The van der Waals surface area contributed by atoms with Crippen LogP contribution in [0.25, 0.3) is 11.6 Å². The third-order valence-corrected chi connectivity index (χ3v) is 2.75. The van der Waals surface area contributed by atoms with E-state index >= 15 is 0 Å². The van der Waals surface area contributed by atoms with E-state index in [1.165, 1.54) is 11.0 Å². The average molecular weight is 285 g/mol. The summed E-state index contributed by atoms with van der Waals surface area (Å²) in [5, 5.41) is 12.8. The van der Waals surface area contributed by atoms with Crippen LogP contribution in [0.3, 0.4) is 0 Å². The third-order valence-electron chi connectivity index (χ3n) is 2.50. The van der Waals surface area contributed by atoms with E-state index in [-0.39, 0.29) is 0 Å². The summed E-state index contributed by atoms with van der Waals surface area (Å²) in [7, 11) is 0. The molecule has 0 saturated carbocycles. The van der Waals surface area contributed by atoms with E-state index in [1.807, 2.05) is 12.1 Å². The largest absolute Gasteiger partial charge is 0.234 e. The van der Waals surface area contributed by atoms with E-state index < -0.39 is 0 Å². The van der Waals surface area contributed by atoms with E-state index in [0.29, 0.717) is 16.7 Å². The van der Waals surface area contributed by atoms with Crippen LogP contribution in [0.2, 0.25) is 5.02 Å². The molecule has 0 bridgehead atoms. The van der Waals surface area contributed by atoms with Crippen LogP contribution in [0.1, 0.15) is 5.56 Å². The minimum atomic E-state index is 0.471. The maximum absolute atomic E-state index is 5.83. The van der Waals surface area contributed by atoms with Gasteiger partial charge in [0.2, 0.25) is 5.82 Å². The van der Waals surface area contributed by atoms with E-state index in [9.17, 15) is 0 Å². The second-order valence-electron chi connectivity index (χ2n) is 3.87. The van der Waals surface area contributed by atoms with Gasteiger partial charge in [0.1, 0.15) is 6.33 Å². The highest BCUT2D eigenvalue weighted by Crippen LogP contribution is 2.10. The molecule has 0 aliphatic rings. The van der Waals surface area contributed by atoms with Gasteiger partial charge in [-0.05, 0) is 23.8 Å². The second-order valence-corrected chi connectivity index (χ2v) is 4.30. The summed E-state index contributed by atoms with van der Waals surface area (Å²) in [5.41, 5.74) is 0.919. The molecule has 0 unspecified atom stereocenters. The molecular weight excluding hydrogens is 276 g/mol. The summed E-state index contributed by atoms with van der Waals surface area (Å²) in [4.78, 5) is 8.25. The lowest BCUT2D eigenvalue weighted by Gasteiger charge is -1.98. The van der Waals surface area contributed by atoms with Gasteiger partial charge in [0.15, 0.2) is 5.82 Å². The predicted molar refractivity (Wildman–Crippen MR) is 75.5 cm³/mol. The second kappa shape index (κ2) is 5.58. The summed E-state index contributed by atoms with van der Waals surface area (Å²) in [6.45, 7) is 0. The maximum Gasteiger partial charge on any atom is 0.222 e. The van der Waals surface area contributed by atoms with Gasteiger partial charge in [-0.2, -0.15) is 9.78 Å². The molecule has 0 radical (unpaired) electrons. The highest BCUT2D eigenvalue weighted by molar-refractivity contribution is 6.30. The van der Waals surface area contributed by atoms with E-state index in [0.717, 1.165) is 5.56 Å². The molecule has 3 rings (SSSR count). The Balaban J connectivity index is 1.89. The summed E-state index contributed by atoms with van der Waals surface area (Å²) >= 11 is 5.83. The summed E-state index contributed by atoms with van der Waals surface area (Å²) in [6.07, 6.45) is 6.47. The van der Waals surface area contributed by atoms with Crippen LogP contribution >= 0.6 is 11.6 Å². The van der Waals surface area contributed by atoms with E-state index in [2.05, 4.69) is 25.3 Å². The maximum atomic E-state index is 5.83. The lowest BCUT2D eigenvalue weighted by molar-refractivity contribution is 0.875.